The number of rotatable bonds is 1. The van der Waals surface area contributed by atoms with Crippen LogP contribution in [-0.2, 0) is 0 Å². The van der Waals surface area contributed by atoms with Crippen LogP contribution < -0.4 is 0 Å². The predicted octanol–water partition coefficient (Wildman–Crippen LogP) is -0.843. The van der Waals surface area contributed by atoms with Gasteiger partial charge in [-0.05, 0) is 6.92 Å². The maximum atomic E-state index is 10.3. The van der Waals surface area contributed by atoms with E-state index in [4.69, 9.17) is 15.4 Å². The summed E-state index contributed by atoms with van der Waals surface area (Å²) < 4.78 is 0. The van der Waals surface area contributed by atoms with Gasteiger partial charge < -0.3 is 10.2 Å². The lowest BCUT2D eigenvalue weighted by atomic mass is 10.8. The van der Waals surface area contributed by atoms with Crippen molar-refractivity contribution >= 4 is 12.2 Å². The summed E-state index contributed by atoms with van der Waals surface area (Å²) in [5.74, 6) is 0. The highest BCUT2D eigenvalue weighted by Crippen LogP contribution is 1.90. The average Bonchev–Trinajstić information content (AvgIpc) is 1.87. The minimum Gasteiger partial charge on any atom is -0.350 e. The van der Waals surface area contributed by atoms with Crippen LogP contribution in [0, 0.1) is 0 Å². The third kappa shape index (κ3) is 2.53. The first-order valence-corrected chi connectivity index (χ1v) is 2.46. The van der Waals surface area contributed by atoms with E-state index in [9.17, 15) is 4.79 Å². The minimum atomic E-state index is -2.23. The van der Waals surface area contributed by atoms with E-state index in [0.717, 1.165) is 6.21 Å². The normalized spacial score (nSPS) is 10.9. The molecule has 0 radical (unpaired) electrons. The number of hydroxylamine groups is 2. The van der Waals surface area contributed by atoms with Gasteiger partial charge in [-0.2, -0.15) is 0 Å². The van der Waals surface area contributed by atoms with Gasteiger partial charge >= 0.3 is 6.03 Å². The van der Waals surface area contributed by atoms with Gasteiger partial charge in [-0.15, -0.1) is 5.06 Å². The number of carbonyl (C=O) groups is 1. The molecule has 6 heteroatoms. The molecule has 0 aromatic heterocycles. The summed E-state index contributed by atoms with van der Waals surface area (Å²) >= 11 is 0. The number of hydrogen-bond acceptors (Lipinski definition) is 4. The topological polar surface area (TPSA) is 93.4 Å². The highest BCUT2D eigenvalue weighted by atomic mass is 16.6. The van der Waals surface area contributed by atoms with Crippen LogP contribution in [-0.4, -0.2) is 39.1 Å². The third-order valence-electron chi connectivity index (χ3n) is 0.654. The molecule has 10 heavy (non-hydrogen) atoms. The second-order valence-corrected chi connectivity index (χ2v) is 1.36. The summed E-state index contributed by atoms with van der Waals surface area (Å²) in [6.07, 6.45) is -1.11. The predicted molar refractivity (Wildman–Crippen MR) is 31.4 cm³/mol. The Kier molecular flexibility index (Phi) is 3.55. The average molecular weight is 148 g/mol. The lowest BCUT2D eigenvalue weighted by Gasteiger charge is -2.12. The molecule has 6 nitrogen and oxygen atoms in total. The molecule has 0 aliphatic heterocycles. The summed E-state index contributed by atoms with van der Waals surface area (Å²) in [6, 6.07) is -1.13. The maximum absolute atomic E-state index is 10.3. The van der Waals surface area contributed by atoms with Gasteiger partial charge in [0.15, 0.2) is 0 Å². The molecule has 0 aromatic rings. The summed E-state index contributed by atoms with van der Waals surface area (Å²) in [7, 11) is 0. The van der Waals surface area contributed by atoms with E-state index < -0.39 is 12.4 Å². The van der Waals surface area contributed by atoms with Crippen LogP contribution in [0.4, 0.5) is 4.79 Å². The first-order chi connectivity index (χ1) is 4.59. The van der Waals surface area contributed by atoms with Crippen molar-refractivity contribution in [2.75, 3.05) is 0 Å². The molecule has 0 aliphatic carbocycles. The molecule has 0 aromatic carbocycles. The second-order valence-electron chi connectivity index (χ2n) is 1.36. The molecule has 0 spiro atoms. The third-order valence-corrected chi connectivity index (χ3v) is 0.654. The minimum absolute atomic E-state index is 0.306. The van der Waals surface area contributed by atoms with Crippen LogP contribution >= 0.6 is 0 Å². The molecule has 2 amide bonds. The van der Waals surface area contributed by atoms with E-state index in [0.29, 0.717) is 0 Å². The van der Waals surface area contributed by atoms with E-state index in [1.165, 1.54) is 6.92 Å². The fourth-order valence-electron chi connectivity index (χ4n) is 0.268. The number of aliphatic hydroxyl groups excluding tert-OH is 1. The largest absolute Gasteiger partial charge is 0.371 e. The molecule has 0 rings (SSSR count). The zero-order valence-electron chi connectivity index (χ0n) is 5.30. The van der Waals surface area contributed by atoms with Crippen molar-refractivity contribution in [2.45, 2.75) is 13.3 Å². The molecular formula is C4H8N2O4. The van der Waals surface area contributed by atoms with Gasteiger partial charge in [0.2, 0.25) is 0 Å². The first-order valence-electron chi connectivity index (χ1n) is 2.46. The molecule has 58 valence electrons. The van der Waals surface area contributed by atoms with E-state index in [1.54, 1.807) is 0 Å². The van der Waals surface area contributed by atoms with Crippen molar-refractivity contribution in [1.82, 2.24) is 5.06 Å². The van der Waals surface area contributed by atoms with E-state index in [1.807, 2.05) is 0 Å². The van der Waals surface area contributed by atoms with E-state index in [-0.39, 0.29) is 5.06 Å². The van der Waals surface area contributed by atoms with Crippen LogP contribution in [0.25, 0.3) is 0 Å². The van der Waals surface area contributed by atoms with Gasteiger partial charge in [0, 0.05) is 6.21 Å². The molecule has 0 heterocycles. The van der Waals surface area contributed by atoms with Crippen molar-refractivity contribution in [1.29, 1.82) is 0 Å². The van der Waals surface area contributed by atoms with Crippen molar-refractivity contribution < 1.29 is 20.2 Å². The quantitative estimate of drug-likeness (QED) is 0.195. The van der Waals surface area contributed by atoms with Gasteiger partial charge in [0.05, 0.1) is 0 Å². The second kappa shape index (κ2) is 3.94. The standard InChI is InChI=1S/C4H8N2O4/c1-2-5-3(7)6(10)4(8)9/h2,4,8-10H,1H3. The Morgan fingerprint density at radius 2 is 2.20 bits per heavy atom. The van der Waals surface area contributed by atoms with Crippen molar-refractivity contribution in [3.05, 3.63) is 0 Å². The van der Waals surface area contributed by atoms with Crippen LogP contribution in [0.3, 0.4) is 0 Å². The zero-order valence-corrected chi connectivity index (χ0v) is 5.30. The Bertz CT molecular complexity index is 144. The number of aliphatic hydroxyl groups is 2. The molecule has 3 N–H and O–H groups in total. The molecule has 0 unspecified atom stereocenters. The van der Waals surface area contributed by atoms with E-state index >= 15 is 0 Å². The van der Waals surface area contributed by atoms with Gasteiger partial charge in [-0.1, -0.05) is 0 Å². The molecule has 0 saturated heterocycles. The number of aliphatic imine (C=N–C) groups is 1. The molecule has 0 atom stereocenters. The summed E-state index contributed by atoms with van der Waals surface area (Å²) in [4.78, 5) is 13.4. The molecule has 0 fully saturated rings. The smallest absolute Gasteiger partial charge is 0.350 e. The zero-order chi connectivity index (χ0) is 8.15. The Labute approximate surface area is 57.0 Å². The highest BCUT2D eigenvalue weighted by molar-refractivity contribution is 5.81. The number of hydrogen-bond donors (Lipinski definition) is 3. The van der Waals surface area contributed by atoms with Crippen molar-refractivity contribution in [3.8, 4) is 0 Å². The van der Waals surface area contributed by atoms with Crippen LogP contribution in [0.1, 0.15) is 6.92 Å². The van der Waals surface area contributed by atoms with Crippen molar-refractivity contribution in [2.24, 2.45) is 4.99 Å². The molecular weight excluding hydrogens is 140 g/mol. The fourth-order valence-corrected chi connectivity index (χ4v) is 0.268. The molecule has 0 aliphatic rings. The monoisotopic (exact) mass is 148 g/mol. The lowest BCUT2D eigenvalue weighted by molar-refractivity contribution is -0.245. The Morgan fingerprint density at radius 3 is 2.50 bits per heavy atom. The number of nitrogens with zero attached hydrogens (tertiary/aromatic N) is 2. The van der Waals surface area contributed by atoms with E-state index in [2.05, 4.69) is 4.99 Å². The first kappa shape index (κ1) is 9.02. The van der Waals surface area contributed by atoms with Gasteiger partial charge in [0.25, 0.3) is 6.41 Å². The maximum Gasteiger partial charge on any atom is 0.371 e. The summed E-state index contributed by atoms with van der Waals surface area (Å²) in [5, 5.41) is 24.4. The molecule has 0 bridgehead atoms. The van der Waals surface area contributed by atoms with Crippen LogP contribution in [0.5, 0.6) is 0 Å². The highest BCUT2D eigenvalue weighted by Gasteiger charge is 2.14. The Hall–Kier alpha value is -0.980. The van der Waals surface area contributed by atoms with Gasteiger partial charge in [-0.3, -0.25) is 5.21 Å². The summed E-state index contributed by atoms with van der Waals surface area (Å²) in [5.41, 5.74) is 0. The molecule has 0 saturated carbocycles. The van der Waals surface area contributed by atoms with Crippen molar-refractivity contribution in [3.63, 3.8) is 0 Å². The Balaban J connectivity index is 3.95. The lowest BCUT2D eigenvalue weighted by Crippen LogP contribution is -2.35. The van der Waals surface area contributed by atoms with Gasteiger partial charge in [-0.25, -0.2) is 9.79 Å². The Morgan fingerprint density at radius 1 is 1.70 bits per heavy atom. The number of carbonyl (C=O) groups excluding carboxylic acids is 1. The summed E-state index contributed by atoms with van der Waals surface area (Å²) in [6.45, 7) is 1.45. The fraction of sp³-hybridized carbons (Fsp3) is 0.500. The van der Waals surface area contributed by atoms with Crippen LogP contribution in [0.2, 0.25) is 0 Å². The van der Waals surface area contributed by atoms with Gasteiger partial charge in [0.1, 0.15) is 0 Å². The van der Waals surface area contributed by atoms with Crippen LogP contribution in [0.15, 0.2) is 4.99 Å². The SMILES string of the molecule is CC=NC(=O)N(O)C(O)O. The number of urea groups is 1. The number of amides is 2.